The molecule has 0 spiro atoms. The monoisotopic (exact) mass is 311 g/mol. The van der Waals surface area contributed by atoms with Crippen LogP contribution in [0, 0.1) is 18.3 Å². The van der Waals surface area contributed by atoms with Crippen molar-refractivity contribution in [3.63, 3.8) is 0 Å². The van der Waals surface area contributed by atoms with Gasteiger partial charge in [0, 0.05) is 37.3 Å². The van der Waals surface area contributed by atoms with Crippen molar-refractivity contribution in [1.29, 1.82) is 0 Å². The van der Waals surface area contributed by atoms with Gasteiger partial charge in [-0.2, -0.15) is 0 Å². The molecule has 2 atom stereocenters. The zero-order valence-electron chi connectivity index (χ0n) is 12.1. The number of hydrogen-bond donors (Lipinski definition) is 3. The molecule has 5 nitrogen and oxygen atoms in total. The molecule has 21 heavy (non-hydrogen) atoms. The van der Waals surface area contributed by atoms with Crippen LogP contribution < -0.4 is 10.6 Å². The summed E-state index contributed by atoms with van der Waals surface area (Å²) in [4.78, 5) is 14.1. The van der Waals surface area contributed by atoms with Crippen LogP contribution in [0.2, 0.25) is 0 Å². The van der Waals surface area contributed by atoms with E-state index in [2.05, 4.69) is 10.6 Å². The number of aryl methyl sites for hydroxylation is 1. The van der Waals surface area contributed by atoms with Crippen molar-refractivity contribution in [1.82, 2.24) is 10.2 Å². The number of benzene rings is 1. The maximum atomic E-state index is 12.3. The topological polar surface area (TPSA) is 64.6 Å². The van der Waals surface area contributed by atoms with Crippen molar-refractivity contribution in [2.75, 3.05) is 38.1 Å². The third-order valence-electron chi connectivity index (χ3n) is 4.59. The van der Waals surface area contributed by atoms with Gasteiger partial charge in [-0.25, -0.2) is 4.79 Å². The average molecular weight is 312 g/mol. The van der Waals surface area contributed by atoms with Gasteiger partial charge in [-0.1, -0.05) is 17.7 Å². The summed E-state index contributed by atoms with van der Waals surface area (Å²) in [6, 6.07) is 7.71. The van der Waals surface area contributed by atoms with Gasteiger partial charge in [0.2, 0.25) is 0 Å². The minimum atomic E-state index is -0.148. The SMILES string of the molecule is Cc1ccc(NC(=O)N2CC3CNCC3(CO)C2)cc1.Cl. The lowest BCUT2D eigenvalue weighted by Crippen LogP contribution is -2.39. The second kappa shape index (κ2) is 6.22. The Balaban J connectivity index is 0.00000161. The fraction of sp³-hybridized carbons (Fsp3) is 0.533. The zero-order chi connectivity index (χ0) is 14.2. The van der Waals surface area contributed by atoms with Crippen molar-refractivity contribution in [3.8, 4) is 0 Å². The first-order valence-electron chi connectivity index (χ1n) is 7.07. The second-order valence-electron chi connectivity index (χ2n) is 6.03. The maximum absolute atomic E-state index is 12.3. The molecule has 1 aromatic carbocycles. The number of amides is 2. The van der Waals surface area contributed by atoms with E-state index in [1.165, 1.54) is 5.56 Å². The number of aliphatic hydroxyl groups excluding tert-OH is 1. The molecule has 0 radical (unpaired) electrons. The number of likely N-dealkylation sites (tertiary alicyclic amines) is 1. The molecule has 2 amide bonds. The highest BCUT2D eigenvalue weighted by molar-refractivity contribution is 5.89. The summed E-state index contributed by atoms with van der Waals surface area (Å²) < 4.78 is 0. The molecule has 0 aromatic heterocycles. The van der Waals surface area contributed by atoms with E-state index >= 15 is 0 Å². The Morgan fingerprint density at radius 2 is 2.19 bits per heavy atom. The van der Waals surface area contributed by atoms with Crippen LogP contribution in [-0.4, -0.2) is 48.8 Å². The zero-order valence-corrected chi connectivity index (χ0v) is 12.9. The first-order valence-corrected chi connectivity index (χ1v) is 7.07. The fourth-order valence-electron chi connectivity index (χ4n) is 3.24. The molecule has 6 heteroatoms. The second-order valence-corrected chi connectivity index (χ2v) is 6.03. The number of anilines is 1. The highest BCUT2D eigenvalue weighted by atomic mass is 35.5. The van der Waals surface area contributed by atoms with Crippen LogP contribution in [0.4, 0.5) is 10.5 Å². The van der Waals surface area contributed by atoms with Crippen LogP contribution in [-0.2, 0) is 0 Å². The molecule has 2 aliphatic rings. The van der Waals surface area contributed by atoms with E-state index in [9.17, 15) is 9.90 Å². The van der Waals surface area contributed by atoms with Gasteiger partial charge in [0.05, 0.1) is 6.61 Å². The van der Waals surface area contributed by atoms with Gasteiger partial charge in [0.15, 0.2) is 0 Å². The van der Waals surface area contributed by atoms with Crippen LogP contribution in [0.15, 0.2) is 24.3 Å². The molecule has 2 unspecified atom stereocenters. The molecule has 0 saturated carbocycles. The van der Waals surface area contributed by atoms with Gasteiger partial charge in [-0.05, 0) is 25.0 Å². The summed E-state index contributed by atoms with van der Waals surface area (Å²) in [6.45, 7) is 5.17. The number of aliphatic hydroxyl groups is 1. The molecule has 116 valence electrons. The highest BCUT2D eigenvalue weighted by Gasteiger charge is 2.50. The number of nitrogens with zero attached hydrogens (tertiary/aromatic N) is 1. The van der Waals surface area contributed by atoms with E-state index < -0.39 is 0 Å². The fourth-order valence-corrected chi connectivity index (χ4v) is 3.24. The van der Waals surface area contributed by atoms with E-state index in [1.807, 2.05) is 36.1 Å². The smallest absolute Gasteiger partial charge is 0.321 e. The lowest BCUT2D eigenvalue weighted by Gasteiger charge is -2.25. The van der Waals surface area contributed by atoms with Crippen molar-refractivity contribution in [3.05, 3.63) is 29.8 Å². The van der Waals surface area contributed by atoms with Gasteiger partial charge in [0.25, 0.3) is 0 Å². The number of rotatable bonds is 2. The standard InChI is InChI=1S/C15H21N3O2.ClH/c1-11-2-4-13(5-3-11)17-14(20)18-7-12-6-16-8-15(12,9-18)10-19;/h2-5,12,16,19H,6-10H2,1H3,(H,17,20);1H. The van der Waals surface area contributed by atoms with E-state index in [0.717, 1.165) is 18.8 Å². The number of carbonyl (C=O) groups is 1. The molecule has 2 fully saturated rings. The van der Waals surface area contributed by atoms with Crippen LogP contribution in [0.5, 0.6) is 0 Å². The van der Waals surface area contributed by atoms with Crippen molar-refractivity contribution >= 4 is 24.1 Å². The Kier molecular flexibility index (Phi) is 4.76. The minimum Gasteiger partial charge on any atom is -0.396 e. The Morgan fingerprint density at radius 3 is 2.81 bits per heavy atom. The summed E-state index contributed by atoms with van der Waals surface area (Å²) >= 11 is 0. The van der Waals surface area contributed by atoms with Gasteiger partial charge in [-0.3, -0.25) is 0 Å². The average Bonchev–Trinajstić information content (AvgIpc) is 2.98. The largest absolute Gasteiger partial charge is 0.396 e. The number of urea groups is 1. The minimum absolute atomic E-state index is 0. The van der Waals surface area contributed by atoms with Crippen molar-refractivity contribution < 1.29 is 9.90 Å². The van der Waals surface area contributed by atoms with Crippen molar-refractivity contribution in [2.24, 2.45) is 11.3 Å². The van der Waals surface area contributed by atoms with Gasteiger partial charge in [0.1, 0.15) is 0 Å². The summed E-state index contributed by atoms with van der Waals surface area (Å²) in [5.41, 5.74) is 1.84. The van der Waals surface area contributed by atoms with E-state index in [0.29, 0.717) is 19.0 Å². The lowest BCUT2D eigenvalue weighted by atomic mass is 9.82. The molecular formula is C15H22ClN3O2. The summed E-state index contributed by atoms with van der Waals surface area (Å²) in [5, 5.41) is 15.9. The predicted octanol–water partition coefficient (Wildman–Crippen LogP) is 1.46. The van der Waals surface area contributed by atoms with Crippen molar-refractivity contribution in [2.45, 2.75) is 6.92 Å². The molecule has 2 saturated heterocycles. The van der Waals surface area contributed by atoms with E-state index in [4.69, 9.17) is 0 Å². The summed E-state index contributed by atoms with van der Waals surface area (Å²) in [6.07, 6.45) is 0. The van der Waals surface area contributed by atoms with Crippen LogP contribution >= 0.6 is 12.4 Å². The molecular weight excluding hydrogens is 290 g/mol. The number of nitrogens with one attached hydrogen (secondary N) is 2. The maximum Gasteiger partial charge on any atom is 0.321 e. The Morgan fingerprint density at radius 1 is 1.48 bits per heavy atom. The molecule has 2 heterocycles. The third kappa shape index (κ3) is 3.00. The quantitative estimate of drug-likeness (QED) is 0.775. The number of carbonyl (C=O) groups excluding carboxylic acids is 1. The van der Waals surface area contributed by atoms with Crippen LogP contribution in [0.1, 0.15) is 5.56 Å². The van der Waals surface area contributed by atoms with Crippen LogP contribution in [0.25, 0.3) is 0 Å². The van der Waals surface area contributed by atoms with Gasteiger partial charge < -0.3 is 20.6 Å². The number of fused-ring (bicyclic) bond motifs is 1. The summed E-state index contributed by atoms with van der Waals surface area (Å²) in [7, 11) is 0. The number of halogens is 1. The predicted molar refractivity (Wildman–Crippen MR) is 84.9 cm³/mol. The molecule has 3 N–H and O–H groups in total. The molecule has 0 bridgehead atoms. The Labute approximate surface area is 131 Å². The molecule has 0 aliphatic carbocycles. The first-order chi connectivity index (χ1) is 9.63. The normalized spacial score (nSPS) is 27.1. The van der Waals surface area contributed by atoms with Gasteiger partial charge in [-0.15, -0.1) is 12.4 Å². The first kappa shape index (κ1) is 16.1. The van der Waals surface area contributed by atoms with E-state index in [1.54, 1.807) is 0 Å². The highest BCUT2D eigenvalue weighted by Crippen LogP contribution is 2.38. The molecule has 3 rings (SSSR count). The molecule has 1 aromatic rings. The van der Waals surface area contributed by atoms with E-state index in [-0.39, 0.29) is 30.5 Å². The van der Waals surface area contributed by atoms with Gasteiger partial charge >= 0.3 is 6.03 Å². The molecule has 2 aliphatic heterocycles. The van der Waals surface area contributed by atoms with Crippen LogP contribution in [0.3, 0.4) is 0 Å². The summed E-state index contributed by atoms with van der Waals surface area (Å²) in [5.74, 6) is 0.358. The Hall–Kier alpha value is -1.30. The third-order valence-corrected chi connectivity index (χ3v) is 4.59. The Bertz CT molecular complexity index is 508. The number of hydrogen-bond acceptors (Lipinski definition) is 3. The lowest BCUT2D eigenvalue weighted by molar-refractivity contribution is 0.127.